The Morgan fingerprint density at radius 2 is 1.95 bits per heavy atom. The summed E-state index contributed by atoms with van der Waals surface area (Å²) >= 11 is 2.53. The third-order valence-electron chi connectivity index (χ3n) is 7.39. The van der Waals surface area contributed by atoms with Crippen LogP contribution in [-0.4, -0.2) is 34.8 Å². The number of aryl methyl sites for hydroxylation is 1. The first kappa shape index (κ1) is 29.4. The number of Topliss-reactive ketones (excluding diaryl/α,β-unsaturated/α-hetero) is 1. The van der Waals surface area contributed by atoms with Crippen LogP contribution in [-0.2, 0) is 16.0 Å². The van der Waals surface area contributed by atoms with Gasteiger partial charge in [0.1, 0.15) is 11.6 Å². The number of nitrogens with zero attached hydrogens (tertiary/aromatic N) is 4. The number of para-hydroxylation sites is 1. The number of hydrogen-bond acceptors (Lipinski definition) is 10. The third-order valence-corrected chi connectivity index (χ3v) is 9.43. The summed E-state index contributed by atoms with van der Waals surface area (Å²) in [6.45, 7) is 6.17. The number of carbonyl (C=O) groups excluding carboxylic acids is 2. The molecule has 0 radical (unpaired) electrons. The first-order valence-corrected chi connectivity index (χ1v) is 15.4. The minimum absolute atomic E-state index is 0.0369. The van der Waals surface area contributed by atoms with Crippen molar-refractivity contribution in [2.45, 2.75) is 50.3 Å². The van der Waals surface area contributed by atoms with Crippen LogP contribution in [0.2, 0.25) is 0 Å². The number of anilines is 2. The molecule has 0 saturated heterocycles. The fraction of sp³-hybridized carbons (Fsp3) is 0.323. The van der Waals surface area contributed by atoms with Crippen LogP contribution in [0, 0.1) is 16.7 Å². The van der Waals surface area contributed by atoms with Gasteiger partial charge in [-0.15, -0.1) is 10.2 Å². The van der Waals surface area contributed by atoms with Crippen molar-refractivity contribution >= 4 is 45.6 Å². The molecule has 9 nitrogen and oxygen atoms in total. The summed E-state index contributed by atoms with van der Waals surface area (Å²) in [5.41, 5.74) is 10.6. The molecule has 1 aliphatic heterocycles. The van der Waals surface area contributed by atoms with E-state index < -0.39 is 5.92 Å². The van der Waals surface area contributed by atoms with Gasteiger partial charge in [0.2, 0.25) is 11.0 Å². The van der Waals surface area contributed by atoms with Crippen molar-refractivity contribution in [2.75, 3.05) is 23.1 Å². The van der Waals surface area contributed by atoms with Gasteiger partial charge < -0.3 is 15.8 Å². The average Bonchev–Trinajstić information content (AvgIpc) is 3.43. The average molecular weight is 601 g/mol. The smallest absolute Gasteiger partial charge is 0.234 e. The molecule has 2 heterocycles. The summed E-state index contributed by atoms with van der Waals surface area (Å²) in [7, 11) is 1.57. The van der Waals surface area contributed by atoms with E-state index in [2.05, 4.69) is 28.5 Å². The molecule has 1 atom stereocenters. The molecule has 2 aromatic carbocycles. The zero-order valence-electron chi connectivity index (χ0n) is 23.9. The summed E-state index contributed by atoms with van der Waals surface area (Å²) in [5, 5.41) is 22.4. The molecule has 0 bridgehead atoms. The Morgan fingerprint density at radius 1 is 1.21 bits per heavy atom. The number of rotatable bonds is 8. The maximum atomic E-state index is 13.8. The molecule has 1 unspecified atom stereocenters. The number of ether oxygens (including phenoxy) is 1. The van der Waals surface area contributed by atoms with E-state index in [0.29, 0.717) is 44.9 Å². The highest BCUT2D eigenvalue weighted by Gasteiger charge is 2.46. The van der Waals surface area contributed by atoms with E-state index in [4.69, 9.17) is 10.5 Å². The molecule has 0 fully saturated rings. The number of carbonyl (C=O) groups is 2. The fourth-order valence-electron chi connectivity index (χ4n) is 5.44. The standard InChI is InChI=1S/C31H32N6O3S2/c1-5-18-10-12-19(13-11-18)34-25(39)17-41-30-36-35-29(42-30)37-22-14-31(2,3)15-23(38)27(22)26(21(16-32)28(37)33)20-8-6-7-9-24(20)40-4/h6-13,26H,5,14-15,17,33H2,1-4H3,(H,34,39). The molecule has 0 saturated carbocycles. The van der Waals surface area contributed by atoms with E-state index in [-0.39, 0.29) is 34.3 Å². The van der Waals surface area contributed by atoms with Gasteiger partial charge in [-0.2, -0.15) is 5.26 Å². The van der Waals surface area contributed by atoms with E-state index in [0.717, 1.165) is 12.1 Å². The van der Waals surface area contributed by atoms with Crippen LogP contribution in [0.4, 0.5) is 10.8 Å². The van der Waals surface area contributed by atoms with Gasteiger partial charge in [0.05, 0.1) is 30.4 Å². The normalized spacial score (nSPS) is 18.0. The zero-order valence-corrected chi connectivity index (χ0v) is 25.6. The highest BCUT2D eigenvalue weighted by Crippen LogP contribution is 2.52. The first-order chi connectivity index (χ1) is 20.2. The highest BCUT2D eigenvalue weighted by molar-refractivity contribution is 8.01. The van der Waals surface area contributed by atoms with Gasteiger partial charge in [0, 0.05) is 28.9 Å². The van der Waals surface area contributed by atoms with Gasteiger partial charge >= 0.3 is 0 Å². The number of nitrogens with one attached hydrogen (secondary N) is 1. The van der Waals surface area contributed by atoms with Gasteiger partial charge in [-0.3, -0.25) is 14.5 Å². The SMILES string of the molecule is CCc1ccc(NC(=O)CSc2nnc(N3C(N)=C(C#N)C(c4ccccc4OC)C4=C3CC(C)(C)CC4=O)s2)cc1. The van der Waals surface area contributed by atoms with Crippen molar-refractivity contribution in [1.29, 1.82) is 5.26 Å². The number of methoxy groups -OCH3 is 1. The summed E-state index contributed by atoms with van der Waals surface area (Å²) in [5.74, 6) is 0.0834. The fourth-order valence-corrected chi connectivity index (χ4v) is 7.12. The molecule has 1 aromatic heterocycles. The number of allylic oxidation sites excluding steroid dienone is 3. The maximum Gasteiger partial charge on any atom is 0.234 e. The number of nitrogens with two attached hydrogens (primary N) is 1. The van der Waals surface area contributed by atoms with Gasteiger partial charge in [0.15, 0.2) is 10.1 Å². The largest absolute Gasteiger partial charge is 0.496 e. The van der Waals surface area contributed by atoms with Crippen molar-refractivity contribution in [2.24, 2.45) is 11.1 Å². The Morgan fingerprint density at radius 3 is 2.64 bits per heavy atom. The number of thioether (sulfide) groups is 1. The minimum atomic E-state index is -0.655. The van der Waals surface area contributed by atoms with E-state index in [1.807, 2.05) is 62.4 Å². The molecule has 2 aliphatic rings. The molecule has 216 valence electrons. The van der Waals surface area contributed by atoms with Gasteiger partial charge in [-0.1, -0.05) is 74.2 Å². The molecular formula is C31H32N6O3S2. The summed E-state index contributed by atoms with van der Waals surface area (Å²) < 4.78 is 6.19. The molecule has 1 amide bonds. The van der Waals surface area contributed by atoms with E-state index in [9.17, 15) is 14.9 Å². The zero-order chi connectivity index (χ0) is 30.0. The van der Waals surface area contributed by atoms with E-state index in [1.54, 1.807) is 12.0 Å². The maximum absolute atomic E-state index is 13.8. The van der Waals surface area contributed by atoms with E-state index >= 15 is 0 Å². The van der Waals surface area contributed by atoms with Gasteiger partial charge in [-0.25, -0.2) is 0 Å². The quantitative estimate of drug-likeness (QED) is 0.309. The van der Waals surface area contributed by atoms with Crippen molar-refractivity contribution in [3.05, 3.63) is 82.3 Å². The predicted octanol–water partition coefficient (Wildman–Crippen LogP) is 5.78. The molecule has 11 heteroatoms. The Hall–Kier alpha value is -4.14. The van der Waals surface area contributed by atoms with Crippen molar-refractivity contribution < 1.29 is 14.3 Å². The molecule has 5 rings (SSSR count). The topological polar surface area (TPSA) is 134 Å². The number of nitriles is 1. The van der Waals surface area contributed by atoms with Crippen molar-refractivity contribution in [1.82, 2.24) is 10.2 Å². The van der Waals surface area contributed by atoms with Crippen LogP contribution >= 0.6 is 23.1 Å². The highest BCUT2D eigenvalue weighted by atomic mass is 32.2. The molecule has 0 spiro atoms. The second-order valence-corrected chi connectivity index (χ2v) is 13.1. The number of ketones is 1. The Bertz CT molecular complexity index is 1630. The summed E-state index contributed by atoms with van der Waals surface area (Å²) in [4.78, 5) is 28.1. The lowest BCUT2D eigenvalue weighted by Crippen LogP contribution is -2.42. The Balaban J connectivity index is 1.46. The number of aromatic nitrogens is 2. The lowest BCUT2D eigenvalue weighted by atomic mass is 9.68. The monoisotopic (exact) mass is 600 g/mol. The second kappa shape index (κ2) is 12.0. The lowest BCUT2D eigenvalue weighted by Gasteiger charge is -2.42. The molecular weight excluding hydrogens is 569 g/mol. The van der Waals surface area contributed by atoms with Crippen LogP contribution in [0.3, 0.4) is 0 Å². The summed E-state index contributed by atoms with van der Waals surface area (Å²) in [6.07, 6.45) is 1.83. The first-order valence-electron chi connectivity index (χ1n) is 13.6. The molecule has 3 aromatic rings. The molecule has 3 N–H and O–H groups in total. The Kier molecular flexibility index (Phi) is 8.38. The number of amides is 1. The van der Waals surface area contributed by atoms with Gasteiger partial charge in [-0.05, 0) is 42.0 Å². The minimum Gasteiger partial charge on any atom is -0.496 e. The van der Waals surface area contributed by atoms with Crippen LogP contribution in [0.1, 0.15) is 50.7 Å². The lowest BCUT2D eigenvalue weighted by molar-refractivity contribution is -0.118. The summed E-state index contributed by atoms with van der Waals surface area (Å²) in [6, 6.07) is 17.4. The van der Waals surface area contributed by atoms with Gasteiger partial charge in [0.25, 0.3) is 0 Å². The van der Waals surface area contributed by atoms with Crippen LogP contribution in [0.5, 0.6) is 5.75 Å². The van der Waals surface area contributed by atoms with Crippen LogP contribution in [0.15, 0.2) is 75.5 Å². The Labute approximate surface area is 253 Å². The van der Waals surface area contributed by atoms with Crippen LogP contribution < -0.4 is 20.7 Å². The number of benzene rings is 2. The number of hydrogen-bond donors (Lipinski definition) is 2. The van der Waals surface area contributed by atoms with Crippen LogP contribution in [0.25, 0.3) is 0 Å². The molecule has 1 aliphatic carbocycles. The third kappa shape index (κ3) is 5.78. The van der Waals surface area contributed by atoms with E-state index in [1.165, 1.54) is 28.7 Å². The predicted molar refractivity (Wildman–Crippen MR) is 165 cm³/mol. The second-order valence-electron chi connectivity index (χ2n) is 11.0. The van der Waals surface area contributed by atoms with Crippen molar-refractivity contribution in [3.63, 3.8) is 0 Å². The van der Waals surface area contributed by atoms with Crippen molar-refractivity contribution in [3.8, 4) is 11.8 Å². The molecule has 42 heavy (non-hydrogen) atoms.